The number of hydrogen-bond donors (Lipinski definition) is 1. The zero-order chi connectivity index (χ0) is 21.5. The van der Waals surface area contributed by atoms with Crippen LogP contribution in [0, 0.1) is 0 Å². The van der Waals surface area contributed by atoms with Crippen molar-refractivity contribution in [3.63, 3.8) is 0 Å². The molecule has 1 aromatic heterocycles. The Morgan fingerprint density at radius 3 is 2.44 bits per heavy atom. The molecule has 1 fully saturated rings. The van der Waals surface area contributed by atoms with Gasteiger partial charge in [-0.3, -0.25) is 4.79 Å². The predicted octanol–water partition coefficient (Wildman–Crippen LogP) is 4.47. The van der Waals surface area contributed by atoms with Gasteiger partial charge in [0.1, 0.15) is 0 Å². The van der Waals surface area contributed by atoms with E-state index >= 15 is 0 Å². The molecule has 0 spiro atoms. The van der Waals surface area contributed by atoms with Gasteiger partial charge in [-0.05, 0) is 36.1 Å². The molecule has 4 rings (SSSR count). The first-order valence-corrected chi connectivity index (χ1v) is 11.0. The molecular formula is C26H31IN4O. The highest BCUT2D eigenvalue weighted by atomic mass is 127. The standard InChI is InChI=1S/C26H30N4O.HI/c1-2-27-26(30-17-15-24(20-30)23-8-4-3-5-9-23)28-18-21-11-13-22(14-12-21)19-29-16-7-6-10-25(29)31;/h3-14,16,24H,2,15,17-20H2,1H3,(H,27,28);1H. The third-order valence-electron chi connectivity index (χ3n) is 5.78. The molecule has 0 amide bonds. The molecule has 6 heteroatoms. The number of likely N-dealkylation sites (tertiary alicyclic amines) is 1. The van der Waals surface area contributed by atoms with E-state index in [1.165, 1.54) is 11.1 Å². The van der Waals surface area contributed by atoms with Crippen LogP contribution in [0.15, 0.2) is 88.8 Å². The summed E-state index contributed by atoms with van der Waals surface area (Å²) < 4.78 is 1.72. The minimum Gasteiger partial charge on any atom is -0.357 e. The van der Waals surface area contributed by atoms with E-state index in [9.17, 15) is 4.79 Å². The van der Waals surface area contributed by atoms with Gasteiger partial charge < -0.3 is 14.8 Å². The lowest BCUT2D eigenvalue weighted by molar-refractivity contribution is 0.486. The number of rotatable bonds is 6. The van der Waals surface area contributed by atoms with E-state index in [0.717, 1.165) is 37.6 Å². The van der Waals surface area contributed by atoms with Crippen LogP contribution in [0.2, 0.25) is 0 Å². The summed E-state index contributed by atoms with van der Waals surface area (Å²) in [4.78, 5) is 19.2. The van der Waals surface area contributed by atoms with Crippen molar-refractivity contribution in [1.29, 1.82) is 0 Å². The van der Waals surface area contributed by atoms with Gasteiger partial charge in [0.2, 0.25) is 0 Å². The Balaban J connectivity index is 0.00000289. The molecule has 1 aliphatic rings. The van der Waals surface area contributed by atoms with E-state index in [1.807, 2.05) is 12.3 Å². The largest absolute Gasteiger partial charge is 0.357 e. The lowest BCUT2D eigenvalue weighted by Crippen LogP contribution is -2.40. The van der Waals surface area contributed by atoms with E-state index in [1.54, 1.807) is 16.7 Å². The second-order valence-corrected chi connectivity index (χ2v) is 8.00. The summed E-state index contributed by atoms with van der Waals surface area (Å²) in [5.74, 6) is 1.55. The third-order valence-corrected chi connectivity index (χ3v) is 5.78. The summed E-state index contributed by atoms with van der Waals surface area (Å²) in [7, 11) is 0. The average Bonchev–Trinajstić information content (AvgIpc) is 3.30. The summed E-state index contributed by atoms with van der Waals surface area (Å²) in [5, 5.41) is 3.45. The molecule has 0 saturated carbocycles. The van der Waals surface area contributed by atoms with Gasteiger partial charge in [-0.1, -0.05) is 60.7 Å². The maximum atomic E-state index is 11.9. The molecule has 2 heterocycles. The van der Waals surface area contributed by atoms with Crippen LogP contribution >= 0.6 is 24.0 Å². The number of nitrogens with zero attached hydrogens (tertiary/aromatic N) is 3. The number of benzene rings is 2. The predicted molar refractivity (Wildman–Crippen MR) is 142 cm³/mol. The molecule has 1 unspecified atom stereocenters. The van der Waals surface area contributed by atoms with Gasteiger partial charge in [0.15, 0.2) is 5.96 Å². The number of guanidine groups is 1. The van der Waals surface area contributed by atoms with Crippen molar-refractivity contribution in [1.82, 2.24) is 14.8 Å². The third kappa shape index (κ3) is 6.22. The highest BCUT2D eigenvalue weighted by molar-refractivity contribution is 14.0. The van der Waals surface area contributed by atoms with Crippen LogP contribution in [0.1, 0.15) is 36.0 Å². The van der Waals surface area contributed by atoms with Crippen molar-refractivity contribution in [2.24, 2.45) is 4.99 Å². The molecule has 3 aromatic rings. The summed E-state index contributed by atoms with van der Waals surface area (Å²) in [5.41, 5.74) is 3.70. The van der Waals surface area contributed by atoms with Gasteiger partial charge in [0.25, 0.3) is 5.56 Å². The monoisotopic (exact) mass is 542 g/mol. The molecule has 0 aliphatic carbocycles. The summed E-state index contributed by atoms with van der Waals surface area (Å²) in [6, 6.07) is 24.4. The normalized spacial score (nSPS) is 16.0. The topological polar surface area (TPSA) is 49.6 Å². The minimum absolute atomic E-state index is 0. The van der Waals surface area contributed by atoms with E-state index in [0.29, 0.717) is 19.0 Å². The first-order chi connectivity index (χ1) is 15.2. The highest BCUT2D eigenvalue weighted by Gasteiger charge is 2.25. The van der Waals surface area contributed by atoms with Gasteiger partial charge in [-0.25, -0.2) is 4.99 Å². The molecule has 0 radical (unpaired) electrons. The van der Waals surface area contributed by atoms with E-state index in [2.05, 4.69) is 71.7 Å². The van der Waals surface area contributed by atoms with Crippen molar-refractivity contribution in [3.8, 4) is 0 Å². The van der Waals surface area contributed by atoms with Gasteiger partial charge in [0, 0.05) is 37.8 Å². The summed E-state index contributed by atoms with van der Waals surface area (Å²) in [6.45, 7) is 6.22. The number of aliphatic imine (C=N–C) groups is 1. The van der Waals surface area contributed by atoms with Crippen molar-refractivity contribution in [2.45, 2.75) is 32.4 Å². The van der Waals surface area contributed by atoms with Crippen LogP contribution in [0.25, 0.3) is 0 Å². The van der Waals surface area contributed by atoms with Gasteiger partial charge in [0.05, 0.1) is 13.1 Å². The average molecular weight is 542 g/mol. The minimum atomic E-state index is 0. The molecule has 1 atom stereocenters. The summed E-state index contributed by atoms with van der Waals surface area (Å²) >= 11 is 0. The number of aromatic nitrogens is 1. The van der Waals surface area contributed by atoms with Crippen LogP contribution in [-0.4, -0.2) is 35.1 Å². The first-order valence-electron chi connectivity index (χ1n) is 11.0. The lowest BCUT2D eigenvalue weighted by Gasteiger charge is -2.22. The smallest absolute Gasteiger partial charge is 0.250 e. The number of nitrogens with one attached hydrogen (secondary N) is 1. The zero-order valence-electron chi connectivity index (χ0n) is 18.5. The quantitative estimate of drug-likeness (QED) is 0.284. The first kappa shape index (κ1) is 24.0. The van der Waals surface area contributed by atoms with Gasteiger partial charge in [-0.2, -0.15) is 0 Å². The number of halogens is 1. The van der Waals surface area contributed by atoms with Crippen LogP contribution in [0.4, 0.5) is 0 Å². The zero-order valence-corrected chi connectivity index (χ0v) is 20.8. The number of hydrogen-bond acceptors (Lipinski definition) is 2. The second kappa shape index (κ2) is 11.9. The Morgan fingerprint density at radius 1 is 1.00 bits per heavy atom. The van der Waals surface area contributed by atoms with Crippen molar-refractivity contribution >= 4 is 29.9 Å². The fourth-order valence-corrected chi connectivity index (χ4v) is 4.08. The van der Waals surface area contributed by atoms with Crippen molar-refractivity contribution in [3.05, 3.63) is 106 Å². The second-order valence-electron chi connectivity index (χ2n) is 8.00. The molecule has 168 valence electrons. The molecule has 1 N–H and O–H groups in total. The fraction of sp³-hybridized carbons (Fsp3) is 0.308. The highest BCUT2D eigenvalue weighted by Crippen LogP contribution is 2.27. The molecule has 2 aromatic carbocycles. The Kier molecular flexibility index (Phi) is 8.90. The molecule has 5 nitrogen and oxygen atoms in total. The van der Waals surface area contributed by atoms with Crippen molar-refractivity contribution < 1.29 is 0 Å². The van der Waals surface area contributed by atoms with E-state index < -0.39 is 0 Å². The van der Waals surface area contributed by atoms with Crippen LogP contribution in [-0.2, 0) is 13.1 Å². The van der Waals surface area contributed by atoms with Gasteiger partial charge in [-0.15, -0.1) is 24.0 Å². The van der Waals surface area contributed by atoms with Crippen LogP contribution < -0.4 is 10.9 Å². The Bertz CT molecular complexity index is 1060. The molecule has 32 heavy (non-hydrogen) atoms. The van der Waals surface area contributed by atoms with E-state index in [4.69, 9.17) is 4.99 Å². The lowest BCUT2D eigenvalue weighted by atomic mass is 9.99. The molecule has 1 saturated heterocycles. The van der Waals surface area contributed by atoms with Gasteiger partial charge >= 0.3 is 0 Å². The SMILES string of the molecule is CCNC(=NCc1ccc(Cn2ccccc2=O)cc1)N1CCC(c2ccccc2)C1.I. The van der Waals surface area contributed by atoms with E-state index in [-0.39, 0.29) is 29.5 Å². The van der Waals surface area contributed by atoms with Crippen LogP contribution in [0.5, 0.6) is 0 Å². The summed E-state index contributed by atoms with van der Waals surface area (Å²) in [6.07, 6.45) is 2.98. The maximum Gasteiger partial charge on any atom is 0.250 e. The Labute approximate surface area is 207 Å². The van der Waals surface area contributed by atoms with Crippen molar-refractivity contribution in [2.75, 3.05) is 19.6 Å². The molecule has 1 aliphatic heterocycles. The number of pyridine rings is 1. The Morgan fingerprint density at radius 2 is 1.72 bits per heavy atom. The fourth-order valence-electron chi connectivity index (χ4n) is 4.08. The molecule has 0 bridgehead atoms. The maximum absolute atomic E-state index is 11.9. The Hall–Kier alpha value is -2.61. The van der Waals surface area contributed by atoms with Crippen LogP contribution in [0.3, 0.4) is 0 Å². The molecular weight excluding hydrogens is 511 g/mol.